The van der Waals surface area contributed by atoms with Crippen molar-refractivity contribution in [1.29, 1.82) is 0 Å². The molecule has 2 bridgehead atoms. The van der Waals surface area contributed by atoms with Crippen molar-refractivity contribution in [2.75, 3.05) is 6.54 Å². The number of nitrogens with zero attached hydrogens (tertiary/aromatic N) is 3. The molecule has 0 amide bonds. The van der Waals surface area contributed by atoms with Crippen LogP contribution in [0, 0.1) is 17.3 Å². The predicted molar refractivity (Wildman–Crippen MR) is 80.4 cm³/mol. The molecule has 1 aromatic heterocycles. The molecule has 0 saturated heterocycles. The molecule has 2 aliphatic rings. The summed E-state index contributed by atoms with van der Waals surface area (Å²) in [5.41, 5.74) is 0.424. The van der Waals surface area contributed by atoms with Gasteiger partial charge in [-0.3, -0.25) is 4.68 Å². The molecule has 2 aliphatic carbocycles. The molecule has 4 nitrogen and oxygen atoms in total. The van der Waals surface area contributed by atoms with Crippen molar-refractivity contribution in [2.45, 2.75) is 65.5 Å². The van der Waals surface area contributed by atoms with Gasteiger partial charge in [0.05, 0.1) is 0 Å². The molecule has 3 unspecified atom stereocenters. The highest BCUT2D eigenvalue weighted by atomic mass is 15.3. The van der Waals surface area contributed by atoms with Crippen LogP contribution in [0.5, 0.6) is 0 Å². The maximum Gasteiger partial charge on any atom is 0.138 e. The van der Waals surface area contributed by atoms with Gasteiger partial charge in [-0.05, 0) is 43.4 Å². The number of hydrogen-bond donors (Lipinski definition) is 1. The van der Waals surface area contributed by atoms with E-state index in [2.05, 4.69) is 40.9 Å². The third kappa shape index (κ3) is 2.50. The van der Waals surface area contributed by atoms with Crippen LogP contribution in [0.3, 0.4) is 0 Å². The molecule has 1 aromatic rings. The van der Waals surface area contributed by atoms with Crippen LogP contribution in [-0.2, 0) is 13.0 Å². The lowest BCUT2D eigenvalue weighted by molar-refractivity contribution is 0.147. The zero-order valence-electron chi connectivity index (χ0n) is 13.1. The minimum atomic E-state index is 0.424. The standard InChI is InChI=1S/C16H28N4/c1-4-20-15(18-11-19-20)9-16(10-17-12(2)3)8-13-5-6-14(16)7-13/h11-14,17H,4-10H2,1-3H3. The largest absolute Gasteiger partial charge is 0.314 e. The summed E-state index contributed by atoms with van der Waals surface area (Å²) in [6.07, 6.45) is 8.52. The summed E-state index contributed by atoms with van der Waals surface area (Å²) in [5.74, 6) is 3.04. The fraction of sp³-hybridized carbons (Fsp3) is 0.875. The van der Waals surface area contributed by atoms with E-state index in [1.165, 1.54) is 31.5 Å². The normalized spacial score (nSPS) is 32.4. The molecule has 112 valence electrons. The predicted octanol–water partition coefficient (Wildman–Crippen LogP) is 2.64. The zero-order chi connectivity index (χ0) is 14.2. The lowest BCUT2D eigenvalue weighted by Gasteiger charge is -2.38. The van der Waals surface area contributed by atoms with Crippen LogP contribution >= 0.6 is 0 Å². The fourth-order valence-electron chi connectivity index (χ4n) is 4.47. The second-order valence-corrected chi connectivity index (χ2v) is 7.15. The van der Waals surface area contributed by atoms with E-state index in [-0.39, 0.29) is 0 Å². The third-order valence-corrected chi connectivity index (χ3v) is 5.47. The van der Waals surface area contributed by atoms with Gasteiger partial charge in [0, 0.05) is 25.6 Å². The Labute approximate surface area is 122 Å². The number of aryl methyl sites for hydroxylation is 1. The van der Waals surface area contributed by atoms with Crippen LogP contribution in [0.1, 0.15) is 52.3 Å². The van der Waals surface area contributed by atoms with Crippen molar-refractivity contribution in [2.24, 2.45) is 17.3 Å². The van der Waals surface area contributed by atoms with Gasteiger partial charge in [0.25, 0.3) is 0 Å². The van der Waals surface area contributed by atoms with E-state index in [1.54, 1.807) is 6.33 Å². The third-order valence-electron chi connectivity index (χ3n) is 5.47. The number of hydrogen-bond acceptors (Lipinski definition) is 3. The zero-order valence-corrected chi connectivity index (χ0v) is 13.1. The van der Waals surface area contributed by atoms with Crippen LogP contribution in [0.2, 0.25) is 0 Å². The summed E-state index contributed by atoms with van der Waals surface area (Å²) in [6.45, 7) is 8.71. The van der Waals surface area contributed by atoms with E-state index >= 15 is 0 Å². The Kier molecular flexibility index (Phi) is 3.85. The molecule has 1 heterocycles. The first-order chi connectivity index (χ1) is 9.63. The summed E-state index contributed by atoms with van der Waals surface area (Å²) in [6, 6.07) is 0.565. The maximum absolute atomic E-state index is 4.53. The molecule has 0 aliphatic heterocycles. The van der Waals surface area contributed by atoms with Crippen molar-refractivity contribution in [1.82, 2.24) is 20.1 Å². The van der Waals surface area contributed by atoms with Gasteiger partial charge in [-0.2, -0.15) is 5.10 Å². The molecule has 3 rings (SSSR count). The van der Waals surface area contributed by atoms with Gasteiger partial charge >= 0.3 is 0 Å². The monoisotopic (exact) mass is 276 g/mol. The minimum absolute atomic E-state index is 0.424. The molecule has 0 aromatic carbocycles. The fourth-order valence-corrected chi connectivity index (χ4v) is 4.47. The highest BCUT2D eigenvalue weighted by Crippen LogP contribution is 2.56. The van der Waals surface area contributed by atoms with E-state index in [9.17, 15) is 0 Å². The number of rotatable bonds is 6. The van der Waals surface area contributed by atoms with Crippen molar-refractivity contribution >= 4 is 0 Å². The first-order valence-electron chi connectivity index (χ1n) is 8.23. The second kappa shape index (κ2) is 5.47. The average molecular weight is 276 g/mol. The molecule has 20 heavy (non-hydrogen) atoms. The maximum atomic E-state index is 4.53. The van der Waals surface area contributed by atoms with Crippen LogP contribution in [0.25, 0.3) is 0 Å². The molecule has 3 atom stereocenters. The van der Waals surface area contributed by atoms with Gasteiger partial charge in [0.1, 0.15) is 12.2 Å². The first kappa shape index (κ1) is 14.1. The molecule has 1 N–H and O–H groups in total. The Bertz CT molecular complexity index is 453. The Morgan fingerprint density at radius 1 is 1.45 bits per heavy atom. The molecular formula is C16H28N4. The number of fused-ring (bicyclic) bond motifs is 2. The van der Waals surface area contributed by atoms with Crippen LogP contribution in [-0.4, -0.2) is 27.4 Å². The lowest BCUT2D eigenvalue weighted by atomic mass is 9.70. The lowest BCUT2D eigenvalue weighted by Crippen LogP contribution is -2.43. The van der Waals surface area contributed by atoms with E-state index in [0.717, 1.165) is 31.3 Å². The molecule has 2 fully saturated rings. The van der Waals surface area contributed by atoms with Gasteiger partial charge in [-0.1, -0.05) is 20.3 Å². The average Bonchev–Trinajstić information content (AvgIpc) is 3.11. The molecule has 2 saturated carbocycles. The van der Waals surface area contributed by atoms with Crippen molar-refractivity contribution < 1.29 is 0 Å². The second-order valence-electron chi connectivity index (χ2n) is 7.15. The van der Waals surface area contributed by atoms with E-state index in [1.807, 2.05) is 0 Å². The van der Waals surface area contributed by atoms with Crippen molar-refractivity contribution in [3.05, 3.63) is 12.2 Å². The summed E-state index contributed by atoms with van der Waals surface area (Å²) < 4.78 is 2.07. The Morgan fingerprint density at radius 2 is 2.30 bits per heavy atom. The van der Waals surface area contributed by atoms with E-state index < -0.39 is 0 Å². The van der Waals surface area contributed by atoms with Gasteiger partial charge in [-0.15, -0.1) is 0 Å². The van der Waals surface area contributed by atoms with Crippen molar-refractivity contribution in [3.63, 3.8) is 0 Å². The van der Waals surface area contributed by atoms with E-state index in [4.69, 9.17) is 0 Å². The Morgan fingerprint density at radius 3 is 2.90 bits per heavy atom. The van der Waals surface area contributed by atoms with Gasteiger partial charge in [0.2, 0.25) is 0 Å². The molecule has 0 radical (unpaired) electrons. The first-order valence-corrected chi connectivity index (χ1v) is 8.23. The Balaban J connectivity index is 1.79. The highest BCUT2D eigenvalue weighted by molar-refractivity contribution is 5.06. The van der Waals surface area contributed by atoms with Gasteiger partial charge < -0.3 is 5.32 Å². The summed E-state index contributed by atoms with van der Waals surface area (Å²) in [4.78, 5) is 4.53. The van der Waals surface area contributed by atoms with Crippen LogP contribution in [0.15, 0.2) is 6.33 Å². The van der Waals surface area contributed by atoms with Gasteiger partial charge in [-0.25, -0.2) is 4.98 Å². The van der Waals surface area contributed by atoms with Crippen molar-refractivity contribution in [3.8, 4) is 0 Å². The summed E-state index contributed by atoms with van der Waals surface area (Å²) in [5, 5.41) is 8.06. The van der Waals surface area contributed by atoms with Crippen LogP contribution in [0.4, 0.5) is 0 Å². The SMILES string of the molecule is CCn1ncnc1CC1(CNC(C)C)CC2CCC1C2. The van der Waals surface area contributed by atoms with E-state index in [0.29, 0.717) is 11.5 Å². The topological polar surface area (TPSA) is 42.7 Å². The summed E-state index contributed by atoms with van der Waals surface area (Å²) in [7, 11) is 0. The minimum Gasteiger partial charge on any atom is -0.314 e. The molecular weight excluding hydrogens is 248 g/mol. The molecule has 0 spiro atoms. The number of aromatic nitrogens is 3. The highest BCUT2D eigenvalue weighted by Gasteiger charge is 2.51. The Hall–Kier alpha value is -0.900. The smallest absolute Gasteiger partial charge is 0.138 e. The molecule has 4 heteroatoms. The quantitative estimate of drug-likeness (QED) is 0.868. The number of nitrogens with one attached hydrogen (secondary N) is 1. The summed E-state index contributed by atoms with van der Waals surface area (Å²) >= 11 is 0. The van der Waals surface area contributed by atoms with Gasteiger partial charge in [0.15, 0.2) is 0 Å². The van der Waals surface area contributed by atoms with Crippen LogP contribution < -0.4 is 5.32 Å².